The molecule has 2 nitrogen and oxygen atoms in total. The molecular formula is C13H10Cl3NO. The lowest BCUT2D eigenvalue weighted by Gasteiger charge is -2.12. The van der Waals surface area contributed by atoms with E-state index in [1.165, 1.54) is 6.07 Å². The average molecular weight is 303 g/mol. The molecule has 0 amide bonds. The van der Waals surface area contributed by atoms with Crippen molar-refractivity contribution in [2.75, 3.05) is 0 Å². The molecule has 2 aromatic rings. The van der Waals surface area contributed by atoms with E-state index in [0.717, 1.165) is 5.69 Å². The van der Waals surface area contributed by atoms with Gasteiger partial charge in [0.05, 0.1) is 16.6 Å². The van der Waals surface area contributed by atoms with Crippen LogP contribution in [0.4, 0.5) is 0 Å². The van der Waals surface area contributed by atoms with E-state index < -0.39 is 0 Å². The van der Waals surface area contributed by atoms with Crippen molar-refractivity contribution in [1.82, 2.24) is 4.57 Å². The number of pyridine rings is 1. The molecule has 1 aromatic heterocycles. The third-order valence-corrected chi connectivity index (χ3v) is 3.92. The van der Waals surface area contributed by atoms with Crippen molar-refractivity contribution in [3.05, 3.63) is 67.0 Å². The Balaban J connectivity index is 2.53. The first-order valence-corrected chi connectivity index (χ1v) is 6.43. The van der Waals surface area contributed by atoms with Gasteiger partial charge in [-0.1, -0.05) is 40.9 Å². The Morgan fingerprint density at radius 1 is 1.06 bits per heavy atom. The van der Waals surface area contributed by atoms with Crippen molar-refractivity contribution in [2.24, 2.45) is 0 Å². The van der Waals surface area contributed by atoms with Crippen molar-refractivity contribution in [1.29, 1.82) is 0 Å². The highest BCUT2D eigenvalue weighted by Gasteiger charge is 2.11. The lowest BCUT2D eigenvalue weighted by atomic mass is 10.2. The largest absolute Gasteiger partial charge is 0.308 e. The van der Waals surface area contributed by atoms with Gasteiger partial charge < -0.3 is 4.57 Å². The average Bonchev–Trinajstić information content (AvgIpc) is 2.33. The summed E-state index contributed by atoms with van der Waals surface area (Å²) in [6.07, 6.45) is 0. The van der Waals surface area contributed by atoms with E-state index in [2.05, 4.69) is 0 Å². The van der Waals surface area contributed by atoms with Gasteiger partial charge in [0.2, 0.25) is 0 Å². The monoisotopic (exact) mass is 301 g/mol. The number of hydrogen-bond acceptors (Lipinski definition) is 1. The van der Waals surface area contributed by atoms with Gasteiger partial charge in [-0.15, -0.1) is 0 Å². The smallest absolute Gasteiger partial charge is 0.251 e. The fraction of sp³-hybridized carbons (Fsp3) is 0.154. The summed E-state index contributed by atoms with van der Waals surface area (Å²) >= 11 is 18.2. The number of halogens is 3. The van der Waals surface area contributed by atoms with Gasteiger partial charge >= 0.3 is 0 Å². The maximum atomic E-state index is 11.8. The SMILES string of the molecule is Cc1cccc(=O)n1Cc1c(Cl)ccc(Cl)c1Cl. The van der Waals surface area contributed by atoms with Gasteiger partial charge in [0.1, 0.15) is 0 Å². The van der Waals surface area contributed by atoms with Crippen molar-refractivity contribution in [2.45, 2.75) is 13.5 Å². The molecule has 5 heteroatoms. The predicted molar refractivity (Wildman–Crippen MR) is 76.0 cm³/mol. The van der Waals surface area contributed by atoms with Crippen molar-refractivity contribution < 1.29 is 0 Å². The zero-order valence-corrected chi connectivity index (χ0v) is 11.9. The Hall–Kier alpha value is -0.960. The van der Waals surface area contributed by atoms with Crippen LogP contribution in [0.1, 0.15) is 11.3 Å². The number of hydrogen-bond donors (Lipinski definition) is 0. The van der Waals surface area contributed by atoms with E-state index in [0.29, 0.717) is 27.2 Å². The van der Waals surface area contributed by atoms with E-state index in [9.17, 15) is 4.79 Å². The maximum Gasteiger partial charge on any atom is 0.251 e. The van der Waals surface area contributed by atoms with Gasteiger partial charge in [-0.2, -0.15) is 0 Å². The van der Waals surface area contributed by atoms with Gasteiger partial charge in [0, 0.05) is 22.3 Å². The number of rotatable bonds is 2. The van der Waals surface area contributed by atoms with E-state index in [1.807, 2.05) is 13.0 Å². The third-order valence-electron chi connectivity index (χ3n) is 2.72. The van der Waals surface area contributed by atoms with E-state index >= 15 is 0 Å². The Labute approximate surface area is 120 Å². The second-order valence-electron chi connectivity index (χ2n) is 3.91. The third kappa shape index (κ3) is 2.56. The number of aryl methyl sites for hydroxylation is 1. The van der Waals surface area contributed by atoms with E-state index in [1.54, 1.807) is 22.8 Å². The minimum Gasteiger partial charge on any atom is -0.308 e. The molecule has 0 saturated heterocycles. The highest BCUT2D eigenvalue weighted by molar-refractivity contribution is 6.44. The van der Waals surface area contributed by atoms with Crippen LogP contribution in [-0.2, 0) is 6.54 Å². The van der Waals surface area contributed by atoms with Gasteiger partial charge in [0.15, 0.2) is 0 Å². The summed E-state index contributed by atoms with van der Waals surface area (Å²) in [5.74, 6) is 0. The summed E-state index contributed by atoms with van der Waals surface area (Å²) in [6, 6.07) is 8.38. The Bertz CT molecular complexity index is 649. The van der Waals surface area contributed by atoms with Crippen LogP contribution >= 0.6 is 34.8 Å². The summed E-state index contributed by atoms with van der Waals surface area (Å²) in [4.78, 5) is 11.8. The number of nitrogens with zero attached hydrogens (tertiary/aromatic N) is 1. The van der Waals surface area contributed by atoms with Crippen molar-refractivity contribution in [3.8, 4) is 0 Å². The summed E-state index contributed by atoms with van der Waals surface area (Å²) in [5, 5.41) is 1.32. The van der Waals surface area contributed by atoms with Gasteiger partial charge in [0.25, 0.3) is 5.56 Å². The maximum absolute atomic E-state index is 11.8. The van der Waals surface area contributed by atoms with Crippen molar-refractivity contribution >= 4 is 34.8 Å². The topological polar surface area (TPSA) is 22.0 Å². The molecular weight excluding hydrogens is 293 g/mol. The molecule has 18 heavy (non-hydrogen) atoms. The fourth-order valence-corrected chi connectivity index (χ4v) is 2.37. The molecule has 0 N–H and O–H groups in total. The van der Waals surface area contributed by atoms with Crippen LogP contribution in [0.15, 0.2) is 35.1 Å². The standard InChI is InChI=1S/C13H10Cl3NO/c1-8-3-2-4-12(18)17(8)7-9-10(14)5-6-11(15)13(9)16/h2-6H,7H2,1H3. The lowest BCUT2D eigenvalue weighted by Crippen LogP contribution is -2.21. The Morgan fingerprint density at radius 2 is 1.72 bits per heavy atom. The highest BCUT2D eigenvalue weighted by Crippen LogP contribution is 2.31. The number of aromatic nitrogens is 1. The van der Waals surface area contributed by atoms with Gasteiger partial charge in [-0.05, 0) is 25.1 Å². The molecule has 0 saturated carbocycles. The second-order valence-corrected chi connectivity index (χ2v) is 5.11. The van der Waals surface area contributed by atoms with Crippen LogP contribution in [0.5, 0.6) is 0 Å². The van der Waals surface area contributed by atoms with Crippen molar-refractivity contribution in [3.63, 3.8) is 0 Å². The molecule has 0 aliphatic heterocycles. The summed E-state index contributed by atoms with van der Waals surface area (Å²) < 4.78 is 1.60. The molecule has 0 atom stereocenters. The molecule has 1 heterocycles. The predicted octanol–water partition coefficient (Wildman–Crippen LogP) is 4.17. The molecule has 0 aliphatic carbocycles. The van der Waals surface area contributed by atoms with Crippen LogP contribution < -0.4 is 5.56 Å². The fourth-order valence-electron chi connectivity index (χ4n) is 1.70. The summed E-state index contributed by atoms with van der Waals surface area (Å²) in [7, 11) is 0. The van der Waals surface area contributed by atoms with Crippen LogP contribution in [-0.4, -0.2) is 4.57 Å². The zero-order valence-electron chi connectivity index (χ0n) is 9.58. The van der Waals surface area contributed by atoms with Crippen LogP contribution in [0, 0.1) is 6.92 Å². The summed E-state index contributed by atoms with van der Waals surface area (Å²) in [6.45, 7) is 2.16. The number of benzene rings is 1. The molecule has 0 radical (unpaired) electrons. The van der Waals surface area contributed by atoms with E-state index in [4.69, 9.17) is 34.8 Å². The molecule has 0 bridgehead atoms. The zero-order chi connectivity index (χ0) is 13.3. The first kappa shape index (κ1) is 13.5. The van der Waals surface area contributed by atoms with Crippen LogP contribution in [0.2, 0.25) is 15.1 Å². The molecule has 0 fully saturated rings. The molecule has 0 aliphatic rings. The highest BCUT2D eigenvalue weighted by atomic mass is 35.5. The minimum absolute atomic E-state index is 0.0953. The molecule has 0 unspecified atom stereocenters. The second kappa shape index (κ2) is 5.35. The van der Waals surface area contributed by atoms with Crippen LogP contribution in [0.3, 0.4) is 0 Å². The van der Waals surface area contributed by atoms with Gasteiger partial charge in [-0.3, -0.25) is 4.79 Å². The minimum atomic E-state index is -0.0953. The molecule has 0 spiro atoms. The molecule has 1 aromatic carbocycles. The quantitative estimate of drug-likeness (QED) is 0.763. The van der Waals surface area contributed by atoms with E-state index in [-0.39, 0.29) is 5.56 Å². The Kier molecular flexibility index (Phi) is 4.00. The normalized spacial score (nSPS) is 10.7. The summed E-state index contributed by atoms with van der Waals surface area (Å²) in [5.41, 5.74) is 1.40. The molecule has 2 rings (SSSR count). The first-order chi connectivity index (χ1) is 8.50. The molecule has 94 valence electrons. The Morgan fingerprint density at radius 3 is 2.39 bits per heavy atom. The van der Waals surface area contributed by atoms with Gasteiger partial charge in [-0.25, -0.2) is 0 Å². The lowest BCUT2D eigenvalue weighted by molar-refractivity contribution is 0.730. The van der Waals surface area contributed by atoms with Crippen LogP contribution in [0.25, 0.3) is 0 Å². The first-order valence-electron chi connectivity index (χ1n) is 5.29.